The van der Waals surface area contributed by atoms with Crippen molar-refractivity contribution in [3.05, 3.63) is 12.7 Å². The molecule has 0 rings (SSSR count). The average Bonchev–Trinajstić information content (AvgIpc) is 2.10. The molecule has 0 radical (unpaired) electrons. The number of hydrogen-bond donors (Lipinski definition) is 1. The van der Waals surface area contributed by atoms with Crippen molar-refractivity contribution in [2.75, 3.05) is 32.7 Å². The summed E-state index contributed by atoms with van der Waals surface area (Å²) in [4.78, 5) is 2.38. The second kappa shape index (κ2) is 8.27. The van der Waals surface area contributed by atoms with E-state index < -0.39 is 0 Å². The van der Waals surface area contributed by atoms with E-state index in [4.69, 9.17) is 0 Å². The van der Waals surface area contributed by atoms with Gasteiger partial charge >= 0.3 is 0 Å². The number of nitrogens with one attached hydrogen (secondary N) is 1. The largest absolute Gasteiger partial charge is 0.315 e. The maximum atomic E-state index is 3.74. The van der Waals surface area contributed by atoms with Crippen LogP contribution in [-0.4, -0.2) is 37.6 Å². The van der Waals surface area contributed by atoms with Gasteiger partial charge < -0.3 is 5.32 Å². The maximum Gasteiger partial charge on any atom is 0.0161 e. The minimum atomic E-state index is 0.745. The van der Waals surface area contributed by atoms with Crippen LogP contribution in [0.5, 0.6) is 0 Å². The third-order valence-electron chi connectivity index (χ3n) is 1.99. The highest BCUT2D eigenvalue weighted by atomic mass is 15.1. The van der Waals surface area contributed by atoms with Crippen molar-refractivity contribution in [2.45, 2.75) is 20.8 Å². The summed E-state index contributed by atoms with van der Waals surface area (Å²) in [6.45, 7) is 15.8. The first-order valence-corrected chi connectivity index (χ1v) is 5.24. The van der Waals surface area contributed by atoms with Gasteiger partial charge in [-0.25, -0.2) is 0 Å². The molecule has 0 saturated heterocycles. The standard InChI is InChI=1S/C11H24N2/c1-5-8-13(6-2)9-7-12-10-11(3)4/h5,11-12H,1,6-10H2,2-4H3. The average molecular weight is 184 g/mol. The van der Waals surface area contributed by atoms with E-state index in [2.05, 4.69) is 37.6 Å². The molecule has 0 amide bonds. The van der Waals surface area contributed by atoms with Crippen LogP contribution in [0.4, 0.5) is 0 Å². The van der Waals surface area contributed by atoms with Crippen molar-refractivity contribution >= 4 is 0 Å². The zero-order valence-corrected chi connectivity index (χ0v) is 9.34. The first kappa shape index (κ1) is 12.7. The molecule has 0 saturated carbocycles. The van der Waals surface area contributed by atoms with Gasteiger partial charge in [0.1, 0.15) is 0 Å². The van der Waals surface area contributed by atoms with Gasteiger partial charge in [-0.05, 0) is 19.0 Å². The fraction of sp³-hybridized carbons (Fsp3) is 0.818. The number of nitrogens with zero attached hydrogens (tertiary/aromatic N) is 1. The summed E-state index contributed by atoms with van der Waals surface area (Å²) in [6.07, 6.45) is 1.96. The molecule has 13 heavy (non-hydrogen) atoms. The molecule has 0 fully saturated rings. The molecular formula is C11H24N2. The first-order chi connectivity index (χ1) is 6.20. The molecule has 0 unspecified atom stereocenters. The Bertz CT molecular complexity index is 121. The van der Waals surface area contributed by atoms with Crippen LogP contribution in [-0.2, 0) is 0 Å². The summed E-state index contributed by atoms with van der Waals surface area (Å²) in [5, 5.41) is 3.43. The van der Waals surface area contributed by atoms with Gasteiger partial charge in [-0.1, -0.05) is 26.8 Å². The van der Waals surface area contributed by atoms with E-state index in [-0.39, 0.29) is 0 Å². The molecule has 0 bridgehead atoms. The summed E-state index contributed by atoms with van der Waals surface area (Å²) >= 11 is 0. The van der Waals surface area contributed by atoms with E-state index in [9.17, 15) is 0 Å². The van der Waals surface area contributed by atoms with Crippen molar-refractivity contribution in [3.63, 3.8) is 0 Å². The van der Waals surface area contributed by atoms with Crippen LogP contribution in [0.3, 0.4) is 0 Å². The molecule has 2 heteroatoms. The van der Waals surface area contributed by atoms with Crippen molar-refractivity contribution in [1.82, 2.24) is 10.2 Å². The third kappa shape index (κ3) is 8.00. The smallest absolute Gasteiger partial charge is 0.0161 e. The molecule has 0 aliphatic heterocycles. The van der Waals surface area contributed by atoms with Gasteiger partial charge in [0.25, 0.3) is 0 Å². The predicted molar refractivity (Wildman–Crippen MR) is 60.0 cm³/mol. The van der Waals surface area contributed by atoms with Crippen LogP contribution in [0, 0.1) is 5.92 Å². The van der Waals surface area contributed by atoms with E-state index in [1.54, 1.807) is 0 Å². The van der Waals surface area contributed by atoms with Crippen LogP contribution in [0.15, 0.2) is 12.7 Å². The number of rotatable bonds is 8. The van der Waals surface area contributed by atoms with Gasteiger partial charge in [0.05, 0.1) is 0 Å². The van der Waals surface area contributed by atoms with E-state index >= 15 is 0 Å². The molecule has 0 aliphatic carbocycles. The Labute approximate surface area is 83.0 Å². The van der Waals surface area contributed by atoms with Crippen LogP contribution in [0.25, 0.3) is 0 Å². The Morgan fingerprint density at radius 3 is 2.62 bits per heavy atom. The second-order valence-corrected chi connectivity index (χ2v) is 3.78. The van der Waals surface area contributed by atoms with Crippen molar-refractivity contribution in [3.8, 4) is 0 Å². The molecule has 0 spiro atoms. The third-order valence-corrected chi connectivity index (χ3v) is 1.99. The molecule has 0 aromatic carbocycles. The van der Waals surface area contributed by atoms with Gasteiger partial charge in [-0.2, -0.15) is 0 Å². The Hall–Kier alpha value is -0.340. The van der Waals surface area contributed by atoms with Gasteiger partial charge in [0.2, 0.25) is 0 Å². The molecule has 78 valence electrons. The van der Waals surface area contributed by atoms with Crippen molar-refractivity contribution in [2.24, 2.45) is 5.92 Å². The lowest BCUT2D eigenvalue weighted by molar-refractivity contribution is 0.314. The lowest BCUT2D eigenvalue weighted by Gasteiger charge is -2.18. The minimum absolute atomic E-state index is 0.745. The highest BCUT2D eigenvalue weighted by Crippen LogP contribution is 1.88. The Morgan fingerprint density at radius 2 is 2.15 bits per heavy atom. The number of hydrogen-bond acceptors (Lipinski definition) is 2. The fourth-order valence-corrected chi connectivity index (χ4v) is 1.19. The van der Waals surface area contributed by atoms with Gasteiger partial charge in [-0.15, -0.1) is 6.58 Å². The summed E-state index contributed by atoms with van der Waals surface area (Å²) in [6, 6.07) is 0. The van der Waals surface area contributed by atoms with E-state index in [0.717, 1.165) is 38.6 Å². The molecule has 0 aliphatic rings. The molecular weight excluding hydrogens is 160 g/mol. The highest BCUT2D eigenvalue weighted by molar-refractivity contribution is 4.72. The Morgan fingerprint density at radius 1 is 1.46 bits per heavy atom. The summed E-state index contributed by atoms with van der Waals surface area (Å²) in [5.74, 6) is 0.745. The predicted octanol–water partition coefficient (Wildman–Crippen LogP) is 1.74. The highest BCUT2D eigenvalue weighted by Gasteiger charge is 1.98. The lowest BCUT2D eigenvalue weighted by Crippen LogP contribution is -2.33. The number of likely N-dealkylation sites (N-methyl/N-ethyl adjacent to an activating group) is 1. The van der Waals surface area contributed by atoms with Gasteiger partial charge in [0.15, 0.2) is 0 Å². The minimum Gasteiger partial charge on any atom is -0.315 e. The van der Waals surface area contributed by atoms with Crippen molar-refractivity contribution in [1.29, 1.82) is 0 Å². The van der Waals surface area contributed by atoms with Gasteiger partial charge in [0, 0.05) is 19.6 Å². The molecule has 1 N–H and O–H groups in total. The van der Waals surface area contributed by atoms with Crippen LogP contribution in [0.1, 0.15) is 20.8 Å². The molecule has 0 heterocycles. The molecule has 0 aromatic rings. The summed E-state index contributed by atoms with van der Waals surface area (Å²) < 4.78 is 0. The first-order valence-electron chi connectivity index (χ1n) is 5.24. The molecule has 2 nitrogen and oxygen atoms in total. The Balaban J connectivity index is 3.32. The second-order valence-electron chi connectivity index (χ2n) is 3.78. The fourth-order valence-electron chi connectivity index (χ4n) is 1.19. The summed E-state index contributed by atoms with van der Waals surface area (Å²) in [5.41, 5.74) is 0. The van der Waals surface area contributed by atoms with Crippen molar-refractivity contribution < 1.29 is 0 Å². The monoisotopic (exact) mass is 184 g/mol. The van der Waals surface area contributed by atoms with E-state index in [1.807, 2.05) is 6.08 Å². The van der Waals surface area contributed by atoms with Crippen LogP contribution >= 0.6 is 0 Å². The normalized spacial score (nSPS) is 11.2. The lowest BCUT2D eigenvalue weighted by atomic mass is 10.2. The maximum absolute atomic E-state index is 3.74. The molecule has 0 atom stereocenters. The Kier molecular flexibility index (Phi) is 8.05. The van der Waals surface area contributed by atoms with Crippen LogP contribution in [0.2, 0.25) is 0 Å². The van der Waals surface area contributed by atoms with E-state index in [1.165, 1.54) is 0 Å². The quantitative estimate of drug-likeness (QED) is 0.456. The van der Waals surface area contributed by atoms with Crippen LogP contribution < -0.4 is 5.32 Å². The SMILES string of the molecule is C=CCN(CC)CCNCC(C)C. The zero-order valence-electron chi connectivity index (χ0n) is 9.34. The zero-order chi connectivity index (χ0) is 10.1. The topological polar surface area (TPSA) is 15.3 Å². The van der Waals surface area contributed by atoms with E-state index in [0.29, 0.717) is 0 Å². The molecule has 0 aromatic heterocycles. The van der Waals surface area contributed by atoms with Gasteiger partial charge in [-0.3, -0.25) is 4.90 Å². The summed E-state index contributed by atoms with van der Waals surface area (Å²) in [7, 11) is 0.